The Labute approximate surface area is 118 Å². The van der Waals surface area contributed by atoms with E-state index in [1.165, 1.54) is 18.1 Å². The van der Waals surface area contributed by atoms with Gasteiger partial charge in [-0.05, 0) is 19.1 Å². The molecule has 0 fully saturated rings. The second-order valence-corrected chi connectivity index (χ2v) is 5.41. The van der Waals surface area contributed by atoms with Crippen molar-refractivity contribution in [2.45, 2.75) is 17.3 Å². The number of amides is 1. The van der Waals surface area contributed by atoms with Gasteiger partial charge in [-0.3, -0.25) is 4.79 Å². The van der Waals surface area contributed by atoms with Crippen LogP contribution in [0.5, 0.6) is 0 Å². The Hall–Kier alpha value is -1.96. The van der Waals surface area contributed by atoms with Gasteiger partial charge in [0.15, 0.2) is 5.16 Å². The van der Waals surface area contributed by atoms with Gasteiger partial charge in [0.05, 0.1) is 10.9 Å². The summed E-state index contributed by atoms with van der Waals surface area (Å²) in [5, 5.41) is 9.92. The third-order valence-electron chi connectivity index (χ3n) is 2.51. The molecule has 0 spiro atoms. The van der Waals surface area contributed by atoms with E-state index in [1.54, 1.807) is 18.5 Å². The summed E-state index contributed by atoms with van der Waals surface area (Å²) in [6, 6.07) is 2.89. The summed E-state index contributed by atoms with van der Waals surface area (Å²) in [6.07, 6.45) is 1.51. The molecule has 2 aromatic rings. The highest BCUT2D eigenvalue weighted by Gasteiger charge is 2.18. The normalized spacial score (nSPS) is 12.2. The summed E-state index contributed by atoms with van der Waals surface area (Å²) in [6.45, 7) is 1.64. The van der Waals surface area contributed by atoms with E-state index in [2.05, 4.69) is 15.5 Å². The number of thioether (sulfide) groups is 1. The minimum absolute atomic E-state index is 0.180. The SMILES string of the molecule is C[C@@H](Sc1nncn1C)C(=O)Nc1cc(F)ccc1F. The molecular weight excluding hydrogens is 286 g/mol. The fourth-order valence-corrected chi connectivity index (χ4v) is 2.21. The summed E-state index contributed by atoms with van der Waals surface area (Å²) in [5.74, 6) is -1.74. The predicted octanol–water partition coefficient (Wildman–Crippen LogP) is 2.21. The molecule has 0 aliphatic carbocycles. The number of anilines is 1. The summed E-state index contributed by atoms with van der Waals surface area (Å²) >= 11 is 1.18. The first-order chi connectivity index (χ1) is 9.47. The number of carbonyl (C=O) groups is 1. The largest absolute Gasteiger partial charge is 0.323 e. The van der Waals surface area contributed by atoms with Crippen LogP contribution >= 0.6 is 11.8 Å². The molecule has 1 N–H and O–H groups in total. The topological polar surface area (TPSA) is 59.8 Å². The van der Waals surface area contributed by atoms with E-state index in [9.17, 15) is 13.6 Å². The van der Waals surface area contributed by atoms with Crippen LogP contribution in [-0.4, -0.2) is 25.9 Å². The number of aryl methyl sites for hydroxylation is 1. The van der Waals surface area contributed by atoms with Crippen LogP contribution in [0.2, 0.25) is 0 Å². The summed E-state index contributed by atoms with van der Waals surface area (Å²) in [7, 11) is 1.75. The van der Waals surface area contributed by atoms with Gasteiger partial charge < -0.3 is 9.88 Å². The molecule has 0 bridgehead atoms. The number of halogens is 2. The zero-order chi connectivity index (χ0) is 14.7. The third kappa shape index (κ3) is 3.32. The maximum atomic E-state index is 13.4. The van der Waals surface area contributed by atoms with Crippen LogP contribution in [0.3, 0.4) is 0 Å². The highest BCUT2D eigenvalue weighted by molar-refractivity contribution is 8.00. The van der Waals surface area contributed by atoms with Crippen LogP contribution in [-0.2, 0) is 11.8 Å². The minimum Gasteiger partial charge on any atom is -0.323 e. The van der Waals surface area contributed by atoms with Crippen molar-refractivity contribution in [3.8, 4) is 0 Å². The molecule has 1 aromatic heterocycles. The highest BCUT2D eigenvalue weighted by atomic mass is 32.2. The van der Waals surface area contributed by atoms with Crippen molar-refractivity contribution in [2.75, 3.05) is 5.32 Å². The molecule has 0 aliphatic heterocycles. The lowest BCUT2D eigenvalue weighted by Gasteiger charge is -2.11. The second kappa shape index (κ2) is 6.00. The Morgan fingerprint density at radius 1 is 1.45 bits per heavy atom. The molecule has 5 nitrogen and oxygen atoms in total. The fraction of sp³-hybridized carbons (Fsp3) is 0.250. The van der Waals surface area contributed by atoms with Crippen LogP contribution in [0.1, 0.15) is 6.92 Å². The molecule has 1 amide bonds. The maximum Gasteiger partial charge on any atom is 0.237 e. The molecule has 0 aliphatic rings. The molecule has 0 saturated carbocycles. The van der Waals surface area contributed by atoms with Crippen molar-refractivity contribution in [2.24, 2.45) is 7.05 Å². The van der Waals surface area contributed by atoms with Gasteiger partial charge in [0.1, 0.15) is 18.0 Å². The minimum atomic E-state index is -0.685. The van der Waals surface area contributed by atoms with E-state index in [0.717, 1.165) is 18.2 Å². The van der Waals surface area contributed by atoms with E-state index in [4.69, 9.17) is 0 Å². The van der Waals surface area contributed by atoms with Crippen LogP contribution in [0.25, 0.3) is 0 Å². The van der Waals surface area contributed by atoms with Crippen molar-refractivity contribution >= 4 is 23.4 Å². The highest BCUT2D eigenvalue weighted by Crippen LogP contribution is 2.22. The van der Waals surface area contributed by atoms with Crippen LogP contribution in [0.15, 0.2) is 29.7 Å². The van der Waals surface area contributed by atoms with Crippen molar-refractivity contribution < 1.29 is 13.6 Å². The van der Waals surface area contributed by atoms with Gasteiger partial charge in [-0.2, -0.15) is 0 Å². The summed E-state index contributed by atoms with van der Waals surface area (Å²) < 4.78 is 28.1. The van der Waals surface area contributed by atoms with Gasteiger partial charge >= 0.3 is 0 Å². The summed E-state index contributed by atoms with van der Waals surface area (Å²) in [5.41, 5.74) is -0.180. The van der Waals surface area contributed by atoms with E-state index < -0.39 is 22.8 Å². The number of benzene rings is 1. The molecule has 1 atom stereocenters. The Morgan fingerprint density at radius 3 is 2.85 bits per heavy atom. The summed E-state index contributed by atoms with van der Waals surface area (Å²) in [4.78, 5) is 11.9. The zero-order valence-corrected chi connectivity index (χ0v) is 11.6. The molecule has 8 heteroatoms. The Kier molecular flexibility index (Phi) is 4.33. The van der Waals surface area contributed by atoms with E-state index in [0.29, 0.717) is 5.16 Å². The molecule has 1 heterocycles. The molecule has 0 saturated heterocycles. The van der Waals surface area contributed by atoms with Crippen LogP contribution < -0.4 is 5.32 Å². The first-order valence-corrected chi connectivity index (χ1v) is 6.62. The lowest BCUT2D eigenvalue weighted by Crippen LogP contribution is -2.23. The molecule has 106 valence electrons. The van der Waals surface area contributed by atoms with E-state index >= 15 is 0 Å². The van der Waals surface area contributed by atoms with Gasteiger partial charge in [-0.15, -0.1) is 10.2 Å². The Morgan fingerprint density at radius 2 is 2.20 bits per heavy atom. The molecule has 2 rings (SSSR count). The second-order valence-electron chi connectivity index (χ2n) is 4.10. The number of rotatable bonds is 4. The number of aromatic nitrogens is 3. The number of nitrogens with zero attached hydrogens (tertiary/aromatic N) is 3. The van der Waals surface area contributed by atoms with Gasteiger partial charge in [-0.25, -0.2) is 8.78 Å². The Bertz CT molecular complexity index is 632. The average molecular weight is 298 g/mol. The quantitative estimate of drug-likeness (QED) is 0.879. The zero-order valence-electron chi connectivity index (χ0n) is 10.8. The van der Waals surface area contributed by atoms with Crippen LogP contribution in [0, 0.1) is 11.6 Å². The lowest BCUT2D eigenvalue weighted by atomic mass is 10.3. The first kappa shape index (κ1) is 14.4. The van der Waals surface area contributed by atoms with E-state index in [-0.39, 0.29) is 5.69 Å². The maximum absolute atomic E-state index is 13.4. The predicted molar refractivity (Wildman–Crippen MR) is 71.3 cm³/mol. The monoisotopic (exact) mass is 298 g/mol. The van der Waals surface area contributed by atoms with Crippen LogP contribution in [0.4, 0.5) is 14.5 Å². The van der Waals surface area contributed by atoms with Crippen molar-refractivity contribution in [3.05, 3.63) is 36.2 Å². The Balaban J connectivity index is 2.04. The molecule has 1 aromatic carbocycles. The molecule has 0 unspecified atom stereocenters. The van der Waals surface area contributed by atoms with Crippen molar-refractivity contribution in [3.63, 3.8) is 0 Å². The van der Waals surface area contributed by atoms with Gasteiger partial charge in [0.25, 0.3) is 0 Å². The fourth-order valence-electron chi connectivity index (χ4n) is 1.42. The number of hydrogen-bond donors (Lipinski definition) is 1. The third-order valence-corrected chi connectivity index (χ3v) is 3.66. The standard InChI is InChI=1S/C12H12F2N4OS/c1-7(20-12-17-15-6-18(12)2)11(19)16-10-5-8(13)3-4-9(10)14/h3-7H,1-2H3,(H,16,19)/t7-/m1/s1. The van der Waals surface area contributed by atoms with Crippen molar-refractivity contribution in [1.82, 2.24) is 14.8 Å². The van der Waals surface area contributed by atoms with Gasteiger partial charge in [-0.1, -0.05) is 11.8 Å². The number of carbonyl (C=O) groups excluding carboxylic acids is 1. The molecule has 0 radical (unpaired) electrons. The van der Waals surface area contributed by atoms with E-state index in [1.807, 2.05) is 0 Å². The van der Waals surface area contributed by atoms with Gasteiger partial charge in [0, 0.05) is 13.1 Å². The molecular formula is C12H12F2N4OS. The van der Waals surface area contributed by atoms with Crippen molar-refractivity contribution in [1.29, 1.82) is 0 Å². The number of nitrogens with one attached hydrogen (secondary N) is 1. The number of hydrogen-bond acceptors (Lipinski definition) is 4. The smallest absolute Gasteiger partial charge is 0.237 e. The van der Waals surface area contributed by atoms with Gasteiger partial charge in [0.2, 0.25) is 5.91 Å². The first-order valence-electron chi connectivity index (χ1n) is 5.74. The molecule has 20 heavy (non-hydrogen) atoms. The lowest BCUT2D eigenvalue weighted by molar-refractivity contribution is -0.115. The average Bonchev–Trinajstić information content (AvgIpc) is 2.79.